The first-order valence-electron chi connectivity index (χ1n) is 12.5. The molecular weight excluding hydrogens is 600 g/mol. The van der Waals surface area contributed by atoms with Crippen molar-refractivity contribution in [3.05, 3.63) is 88.2 Å². The largest absolute Gasteiger partial charge is 0.416 e. The Morgan fingerprint density at radius 1 is 1.05 bits per heavy atom. The lowest BCUT2D eigenvalue weighted by molar-refractivity contribution is -0.137. The van der Waals surface area contributed by atoms with Crippen LogP contribution in [-0.2, 0) is 16.2 Å². The minimum atomic E-state index is -4.72. The van der Waals surface area contributed by atoms with Crippen LogP contribution in [0.15, 0.2) is 65.6 Å². The quantitative estimate of drug-likeness (QED) is 0.218. The summed E-state index contributed by atoms with van der Waals surface area (Å²) in [5, 5.41) is 0.412. The second-order valence-corrected chi connectivity index (χ2v) is 12.6. The average molecular weight is 625 g/mol. The molecule has 5 rings (SSSR count). The Labute approximate surface area is 245 Å². The Bertz CT molecular complexity index is 1640. The van der Waals surface area contributed by atoms with Gasteiger partial charge in [0, 0.05) is 25.2 Å². The van der Waals surface area contributed by atoms with Crippen molar-refractivity contribution in [2.24, 2.45) is 5.73 Å². The number of benzene rings is 3. The summed E-state index contributed by atoms with van der Waals surface area (Å²) in [6.45, 7) is 3.02. The molecule has 6 nitrogen and oxygen atoms in total. The minimum absolute atomic E-state index is 0.0457. The number of sulfonamides is 1. The molecule has 1 fully saturated rings. The van der Waals surface area contributed by atoms with E-state index in [0.29, 0.717) is 48.2 Å². The molecule has 0 bridgehead atoms. The molecule has 0 radical (unpaired) electrons. The number of anilines is 2. The van der Waals surface area contributed by atoms with Gasteiger partial charge in [-0.3, -0.25) is 4.31 Å². The topological polar surface area (TPSA) is 69.9 Å². The van der Waals surface area contributed by atoms with E-state index in [-0.39, 0.29) is 28.3 Å². The van der Waals surface area contributed by atoms with Crippen molar-refractivity contribution in [3.8, 4) is 0 Å². The van der Waals surface area contributed by atoms with Gasteiger partial charge in [0.25, 0.3) is 10.0 Å². The van der Waals surface area contributed by atoms with Crippen molar-refractivity contribution in [2.45, 2.75) is 24.0 Å². The van der Waals surface area contributed by atoms with Crippen molar-refractivity contribution in [2.75, 3.05) is 35.4 Å². The summed E-state index contributed by atoms with van der Waals surface area (Å²) >= 11 is 11.4. The Hall–Kier alpha value is -3.35. The molecule has 2 N–H and O–H groups in total. The molecule has 1 atom stereocenters. The zero-order valence-corrected chi connectivity index (χ0v) is 24.1. The van der Waals surface area contributed by atoms with Gasteiger partial charge in [0.05, 0.1) is 39.4 Å². The molecule has 0 aromatic heterocycles. The van der Waals surface area contributed by atoms with Crippen molar-refractivity contribution >= 4 is 62.0 Å². The Kier molecular flexibility index (Phi) is 7.68. The molecule has 3 aromatic carbocycles. The van der Waals surface area contributed by atoms with Gasteiger partial charge in [-0.05, 0) is 72.7 Å². The van der Waals surface area contributed by atoms with Crippen LogP contribution in [0.25, 0.3) is 11.6 Å². The smallest absolute Gasteiger partial charge is 0.376 e. The molecule has 2 aliphatic heterocycles. The van der Waals surface area contributed by atoms with Gasteiger partial charge in [-0.25, -0.2) is 12.8 Å². The first kappa shape index (κ1) is 29.2. The molecule has 13 heteroatoms. The summed E-state index contributed by atoms with van der Waals surface area (Å²) in [6.07, 6.45) is -3.04. The van der Waals surface area contributed by atoms with Gasteiger partial charge in [0.15, 0.2) is 5.11 Å². The van der Waals surface area contributed by atoms with Gasteiger partial charge in [-0.2, -0.15) is 13.2 Å². The molecule has 41 heavy (non-hydrogen) atoms. The van der Waals surface area contributed by atoms with Gasteiger partial charge in [-0.15, -0.1) is 0 Å². The van der Waals surface area contributed by atoms with Crippen molar-refractivity contribution in [1.82, 2.24) is 4.90 Å². The highest BCUT2D eigenvalue weighted by Crippen LogP contribution is 2.42. The van der Waals surface area contributed by atoms with E-state index in [9.17, 15) is 26.0 Å². The summed E-state index contributed by atoms with van der Waals surface area (Å²) in [7, 11) is -4.44. The molecule has 0 aliphatic carbocycles. The highest BCUT2D eigenvalue weighted by atomic mass is 35.5. The number of fused-ring (bicyclic) bond motifs is 3. The van der Waals surface area contributed by atoms with E-state index in [1.165, 1.54) is 12.1 Å². The number of allylic oxidation sites excluding steroid dienone is 1. The normalized spacial score (nSPS) is 17.8. The molecular formula is C28H25ClF4N4O2S2. The predicted molar refractivity (Wildman–Crippen MR) is 157 cm³/mol. The van der Waals surface area contributed by atoms with Crippen molar-refractivity contribution < 1.29 is 26.0 Å². The number of hydrogen-bond acceptors (Lipinski definition) is 4. The van der Waals surface area contributed by atoms with Gasteiger partial charge < -0.3 is 15.5 Å². The van der Waals surface area contributed by atoms with E-state index >= 15 is 0 Å². The molecule has 0 saturated carbocycles. The summed E-state index contributed by atoms with van der Waals surface area (Å²) in [5.41, 5.74) is 6.96. The Morgan fingerprint density at radius 2 is 1.78 bits per heavy atom. The van der Waals surface area contributed by atoms with Crippen molar-refractivity contribution in [3.63, 3.8) is 0 Å². The highest BCUT2D eigenvalue weighted by Gasteiger charge is 2.41. The van der Waals surface area contributed by atoms with E-state index in [2.05, 4.69) is 4.90 Å². The summed E-state index contributed by atoms with van der Waals surface area (Å²) in [5.74, 6) is -0.503. The van der Waals surface area contributed by atoms with Crippen LogP contribution in [0, 0.1) is 5.82 Å². The maximum atomic E-state index is 14.6. The summed E-state index contributed by atoms with van der Waals surface area (Å²) in [4.78, 5) is 3.34. The van der Waals surface area contributed by atoms with Crippen LogP contribution in [0.1, 0.15) is 23.6 Å². The molecule has 216 valence electrons. The SMILES string of the molecule is C/C(=C\c1ccc2c(c1)N(S(=O)(=O)c1cccc(C(F)(F)F)c1)C[C@@H]1CN(C(N)=S)CCN21)c1c(F)cccc1Cl. The van der Waals surface area contributed by atoms with Gasteiger partial charge in [0.1, 0.15) is 5.82 Å². The first-order chi connectivity index (χ1) is 19.3. The molecule has 0 amide bonds. The fourth-order valence-corrected chi connectivity index (χ4v) is 7.31. The van der Waals surface area contributed by atoms with Crippen LogP contribution in [-0.4, -0.2) is 50.7 Å². The van der Waals surface area contributed by atoms with Crippen LogP contribution in [0.3, 0.4) is 0 Å². The first-order valence-corrected chi connectivity index (χ1v) is 14.8. The average Bonchev–Trinajstić information content (AvgIpc) is 2.91. The molecule has 2 aliphatic rings. The van der Waals surface area contributed by atoms with Crippen LogP contribution in [0.2, 0.25) is 5.02 Å². The minimum Gasteiger partial charge on any atom is -0.376 e. The number of alkyl halides is 3. The fourth-order valence-electron chi connectivity index (χ4n) is 5.28. The lowest BCUT2D eigenvalue weighted by Gasteiger charge is -2.49. The standard InChI is InChI=1S/C28H25ClF4N4O2S2/c1-17(26-22(29)6-3-7-23(26)30)12-18-8-9-24-25(13-18)37(16-20-15-35(27(34)40)10-11-36(20)24)41(38,39)21-5-2-4-19(14-21)28(31,32)33/h2-9,12-14,20H,10-11,15-16H2,1H3,(H2,34,40)/b17-12+/t20-/m0/s1. The number of hydrogen-bond donors (Lipinski definition) is 1. The molecule has 0 unspecified atom stereocenters. The molecule has 2 heterocycles. The van der Waals surface area contributed by atoms with E-state index in [4.69, 9.17) is 29.6 Å². The monoisotopic (exact) mass is 624 g/mol. The number of nitrogens with two attached hydrogens (primary N) is 1. The number of piperazine rings is 1. The lowest BCUT2D eigenvalue weighted by atomic mass is 10.0. The Balaban J connectivity index is 1.63. The van der Waals surface area contributed by atoms with Crippen LogP contribution < -0.4 is 14.9 Å². The second kappa shape index (κ2) is 10.8. The predicted octanol–water partition coefficient (Wildman–Crippen LogP) is 6.00. The van der Waals surface area contributed by atoms with Crippen molar-refractivity contribution in [1.29, 1.82) is 0 Å². The summed E-state index contributed by atoms with van der Waals surface area (Å²) in [6, 6.07) is 12.8. The number of nitrogens with zero attached hydrogens (tertiary/aromatic N) is 3. The van der Waals surface area contributed by atoms with Gasteiger partial charge in [0.2, 0.25) is 0 Å². The fraction of sp³-hybridized carbons (Fsp3) is 0.250. The van der Waals surface area contributed by atoms with Gasteiger partial charge >= 0.3 is 6.18 Å². The van der Waals surface area contributed by atoms with Crippen LogP contribution in [0.5, 0.6) is 0 Å². The zero-order chi connectivity index (χ0) is 29.7. The van der Waals surface area contributed by atoms with Crippen LogP contribution >= 0.6 is 23.8 Å². The van der Waals surface area contributed by atoms with E-state index in [0.717, 1.165) is 22.5 Å². The second-order valence-electron chi connectivity index (χ2n) is 9.87. The molecule has 3 aromatic rings. The number of rotatable bonds is 4. The lowest BCUT2D eigenvalue weighted by Crippen LogP contribution is -2.62. The number of thiocarbonyl (C=S) groups is 1. The summed E-state index contributed by atoms with van der Waals surface area (Å²) < 4.78 is 84.0. The zero-order valence-electron chi connectivity index (χ0n) is 21.7. The van der Waals surface area contributed by atoms with E-state index < -0.39 is 32.5 Å². The third kappa shape index (κ3) is 5.60. The van der Waals surface area contributed by atoms with Crippen LogP contribution in [0.4, 0.5) is 28.9 Å². The number of halogens is 5. The molecule has 1 saturated heterocycles. The highest BCUT2D eigenvalue weighted by molar-refractivity contribution is 7.92. The van der Waals surface area contributed by atoms with E-state index in [1.54, 1.807) is 42.2 Å². The maximum Gasteiger partial charge on any atom is 0.416 e. The molecule has 0 spiro atoms. The van der Waals surface area contributed by atoms with E-state index in [1.807, 2.05) is 0 Å². The maximum absolute atomic E-state index is 14.6. The Morgan fingerprint density at radius 3 is 2.46 bits per heavy atom. The third-order valence-electron chi connectivity index (χ3n) is 7.24. The van der Waals surface area contributed by atoms with Gasteiger partial charge in [-0.1, -0.05) is 35.9 Å². The third-order valence-corrected chi connectivity index (χ3v) is 9.59.